The first kappa shape index (κ1) is 20.1. The Hall–Kier alpha value is -3.19. The number of aromatic nitrogens is 4. The molecule has 0 saturated carbocycles. The van der Waals surface area contributed by atoms with E-state index in [2.05, 4.69) is 19.9 Å². The third-order valence-electron chi connectivity index (χ3n) is 4.92. The molecule has 4 aromatic heterocycles. The van der Waals surface area contributed by atoms with E-state index in [1.165, 1.54) is 13.2 Å². The van der Waals surface area contributed by atoms with Crippen molar-refractivity contribution in [2.24, 2.45) is 0 Å². The lowest BCUT2D eigenvalue weighted by molar-refractivity contribution is 0.368. The number of methoxy groups -OCH3 is 2. The van der Waals surface area contributed by atoms with E-state index in [9.17, 15) is 4.39 Å². The molecular formula is C22H20ClFN4O2. The second kappa shape index (κ2) is 8.67. The Morgan fingerprint density at radius 3 is 2.63 bits per heavy atom. The molecule has 0 aliphatic carbocycles. The Morgan fingerprint density at radius 1 is 1.03 bits per heavy atom. The summed E-state index contributed by atoms with van der Waals surface area (Å²) in [6.45, 7) is 0. The van der Waals surface area contributed by atoms with Crippen molar-refractivity contribution in [3.8, 4) is 11.6 Å². The zero-order valence-corrected chi connectivity index (χ0v) is 17.3. The SMILES string of the molecule is COc1cnc2[nH]cc(Cc3ccc(CCc4cnc(OC)c(F)c4)nc3Cl)c2c1. The number of nitrogens with one attached hydrogen (secondary N) is 1. The zero-order valence-electron chi connectivity index (χ0n) is 16.6. The number of rotatable bonds is 7. The van der Waals surface area contributed by atoms with Crippen molar-refractivity contribution < 1.29 is 13.9 Å². The first-order chi connectivity index (χ1) is 14.6. The third-order valence-corrected chi connectivity index (χ3v) is 5.25. The fraction of sp³-hybridized carbons (Fsp3) is 0.227. The Balaban J connectivity index is 1.48. The first-order valence-electron chi connectivity index (χ1n) is 9.40. The molecule has 4 rings (SSSR count). The molecule has 0 saturated heterocycles. The number of pyridine rings is 3. The van der Waals surface area contributed by atoms with Crippen LogP contribution in [0.15, 0.2) is 42.9 Å². The van der Waals surface area contributed by atoms with Crippen LogP contribution in [0, 0.1) is 5.82 Å². The van der Waals surface area contributed by atoms with Gasteiger partial charge < -0.3 is 14.5 Å². The fourth-order valence-corrected chi connectivity index (χ4v) is 3.54. The molecule has 0 aromatic carbocycles. The van der Waals surface area contributed by atoms with Crippen molar-refractivity contribution in [1.82, 2.24) is 19.9 Å². The molecule has 1 N–H and O–H groups in total. The molecule has 0 aliphatic heterocycles. The molecule has 0 amide bonds. The van der Waals surface area contributed by atoms with Gasteiger partial charge in [0.1, 0.15) is 16.5 Å². The van der Waals surface area contributed by atoms with Crippen LogP contribution < -0.4 is 9.47 Å². The number of aryl methyl sites for hydroxylation is 2. The van der Waals surface area contributed by atoms with Gasteiger partial charge in [-0.1, -0.05) is 17.7 Å². The smallest absolute Gasteiger partial charge is 0.250 e. The van der Waals surface area contributed by atoms with Crippen LogP contribution in [0.2, 0.25) is 5.15 Å². The Morgan fingerprint density at radius 2 is 1.90 bits per heavy atom. The highest BCUT2D eigenvalue weighted by molar-refractivity contribution is 6.30. The van der Waals surface area contributed by atoms with Gasteiger partial charge in [0.2, 0.25) is 5.88 Å². The molecule has 0 bridgehead atoms. The van der Waals surface area contributed by atoms with Gasteiger partial charge in [-0.2, -0.15) is 0 Å². The van der Waals surface area contributed by atoms with Crippen molar-refractivity contribution in [3.05, 3.63) is 76.2 Å². The second-order valence-electron chi connectivity index (χ2n) is 6.85. The largest absolute Gasteiger partial charge is 0.495 e. The minimum absolute atomic E-state index is 0.00521. The van der Waals surface area contributed by atoms with Crippen LogP contribution in [0.25, 0.3) is 11.0 Å². The zero-order chi connectivity index (χ0) is 21.1. The number of ether oxygens (including phenoxy) is 2. The standard InChI is InChI=1S/C22H20ClFN4O2/c1-29-17-9-18-15(11-25-21(18)26-12-17)8-14-4-6-16(28-20(14)23)5-3-13-7-19(24)22(30-2)27-10-13/h4,6-7,9-12H,3,5,8H2,1-2H3,(H,25,26). The maximum absolute atomic E-state index is 13.8. The molecule has 0 fully saturated rings. The van der Waals surface area contributed by atoms with Gasteiger partial charge in [-0.3, -0.25) is 0 Å². The maximum atomic E-state index is 13.8. The first-order valence-corrected chi connectivity index (χ1v) is 9.78. The lowest BCUT2D eigenvalue weighted by atomic mass is 10.0. The lowest BCUT2D eigenvalue weighted by Crippen LogP contribution is -2.00. The van der Waals surface area contributed by atoms with E-state index in [1.807, 2.05) is 24.4 Å². The average Bonchev–Trinajstić information content (AvgIpc) is 3.16. The van der Waals surface area contributed by atoms with Crippen LogP contribution >= 0.6 is 11.6 Å². The van der Waals surface area contributed by atoms with Crippen molar-refractivity contribution in [1.29, 1.82) is 0 Å². The molecule has 8 heteroatoms. The highest BCUT2D eigenvalue weighted by atomic mass is 35.5. The maximum Gasteiger partial charge on any atom is 0.250 e. The monoisotopic (exact) mass is 426 g/mol. The molecule has 4 aromatic rings. The minimum atomic E-state index is -0.471. The van der Waals surface area contributed by atoms with Gasteiger partial charge in [0.15, 0.2) is 5.82 Å². The van der Waals surface area contributed by atoms with E-state index in [0.717, 1.165) is 33.4 Å². The van der Waals surface area contributed by atoms with Crippen LogP contribution in [0.4, 0.5) is 4.39 Å². The summed E-state index contributed by atoms with van der Waals surface area (Å²) in [5.74, 6) is 0.225. The Bertz CT molecular complexity index is 1200. The predicted molar refractivity (Wildman–Crippen MR) is 113 cm³/mol. The molecule has 154 valence electrons. The summed E-state index contributed by atoms with van der Waals surface area (Å²) in [6.07, 6.45) is 7.06. The van der Waals surface area contributed by atoms with Crippen molar-refractivity contribution in [3.63, 3.8) is 0 Å². The topological polar surface area (TPSA) is 72.9 Å². The molecule has 0 radical (unpaired) electrons. The van der Waals surface area contributed by atoms with E-state index in [1.54, 1.807) is 19.5 Å². The van der Waals surface area contributed by atoms with Crippen molar-refractivity contribution >= 4 is 22.6 Å². The molecule has 4 heterocycles. The minimum Gasteiger partial charge on any atom is -0.495 e. The van der Waals surface area contributed by atoms with Gasteiger partial charge in [0, 0.05) is 29.9 Å². The van der Waals surface area contributed by atoms with Gasteiger partial charge in [-0.25, -0.2) is 19.3 Å². The quantitative estimate of drug-likeness (QED) is 0.439. The van der Waals surface area contributed by atoms with E-state index >= 15 is 0 Å². The number of aromatic amines is 1. The fourth-order valence-electron chi connectivity index (χ4n) is 3.30. The highest BCUT2D eigenvalue weighted by Crippen LogP contribution is 2.26. The van der Waals surface area contributed by atoms with Crippen LogP contribution in [-0.4, -0.2) is 34.2 Å². The summed E-state index contributed by atoms with van der Waals surface area (Å²) in [4.78, 5) is 16.0. The lowest BCUT2D eigenvalue weighted by Gasteiger charge is -2.07. The molecule has 0 spiro atoms. The number of hydrogen-bond acceptors (Lipinski definition) is 5. The number of H-pyrrole nitrogens is 1. The van der Waals surface area contributed by atoms with Crippen LogP contribution in [0.3, 0.4) is 0 Å². The summed E-state index contributed by atoms with van der Waals surface area (Å²) in [5, 5.41) is 1.44. The van der Waals surface area contributed by atoms with E-state index in [4.69, 9.17) is 21.1 Å². The van der Waals surface area contributed by atoms with Crippen LogP contribution in [0.5, 0.6) is 11.6 Å². The summed E-state index contributed by atoms with van der Waals surface area (Å²) in [6, 6.07) is 7.30. The predicted octanol–water partition coefficient (Wildman–Crippen LogP) is 4.54. The molecule has 30 heavy (non-hydrogen) atoms. The number of halogens is 2. The summed E-state index contributed by atoms with van der Waals surface area (Å²) < 4.78 is 23.9. The van der Waals surface area contributed by atoms with Gasteiger partial charge in [0.25, 0.3) is 0 Å². The highest BCUT2D eigenvalue weighted by Gasteiger charge is 2.11. The van der Waals surface area contributed by atoms with Gasteiger partial charge in [-0.15, -0.1) is 0 Å². The second-order valence-corrected chi connectivity index (χ2v) is 7.21. The summed E-state index contributed by atoms with van der Waals surface area (Å²) in [5.41, 5.74) is 4.39. The molecule has 6 nitrogen and oxygen atoms in total. The van der Waals surface area contributed by atoms with Crippen LogP contribution in [0.1, 0.15) is 22.4 Å². The van der Waals surface area contributed by atoms with Gasteiger partial charge in [0.05, 0.1) is 20.4 Å². The number of nitrogens with zero attached hydrogens (tertiary/aromatic N) is 3. The van der Waals surface area contributed by atoms with Crippen molar-refractivity contribution in [2.75, 3.05) is 14.2 Å². The Labute approximate surface area is 178 Å². The van der Waals surface area contributed by atoms with Crippen LogP contribution in [-0.2, 0) is 19.3 Å². The van der Waals surface area contributed by atoms with E-state index in [0.29, 0.717) is 30.2 Å². The van der Waals surface area contributed by atoms with Gasteiger partial charge >= 0.3 is 0 Å². The number of fused-ring (bicyclic) bond motifs is 1. The third kappa shape index (κ3) is 4.21. The van der Waals surface area contributed by atoms with E-state index < -0.39 is 5.82 Å². The molecule has 0 aliphatic rings. The summed E-state index contributed by atoms with van der Waals surface area (Å²) in [7, 11) is 3.01. The Kier molecular flexibility index (Phi) is 5.81. The van der Waals surface area contributed by atoms with E-state index in [-0.39, 0.29) is 5.88 Å². The molecular weight excluding hydrogens is 407 g/mol. The van der Waals surface area contributed by atoms with Gasteiger partial charge in [-0.05, 0) is 47.7 Å². The molecule has 0 unspecified atom stereocenters. The van der Waals surface area contributed by atoms with Crippen molar-refractivity contribution in [2.45, 2.75) is 19.3 Å². The number of hydrogen-bond donors (Lipinski definition) is 1. The average molecular weight is 427 g/mol. The molecule has 0 atom stereocenters. The normalized spacial score (nSPS) is 11.1. The summed E-state index contributed by atoms with van der Waals surface area (Å²) >= 11 is 6.45.